The monoisotopic (exact) mass is 1340 g/mol. The Morgan fingerprint density at radius 2 is 0.560 bits per heavy atom. The largest absolute Gasteiger partial charge is 0.472 e. The number of phosphoric acid groups is 2. The molecule has 0 aromatic carbocycles. The lowest BCUT2D eigenvalue weighted by Crippen LogP contribution is -2.30. The van der Waals surface area contributed by atoms with E-state index >= 15 is 0 Å². The lowest BCUT2D eigenvalue weighted by Gasteiger charge is -2.21. The molecule has 0 spiro atoms. The number of esters is 4. The van der Waals surface area contributed by atoms with Gasteiger partial charge in [-0.05, 0) is 43.4 Å². The Bertz CT molecular complexity index is 1790. The number of carbonyl (C=O) groups excluding carboxylic acids is 4. The minimum atomic E-state index is -4.95. The quantitative estimate of drug-likeness (QED) is 0.0222. The van der Waals surface area contributed by atoms with Gasteiger partial charge in [0.25, 0.3) is 0 Å². The molecule has 0 fully saturated rings. The summed E-state index contributed by atoms with van der Waals surface area (Å²) in [5.41, 5.74) is 0. The van der Waals surface area contributed by atoms with E-state index in [1.165, 1.54) is 167 Å². The van der Waals surface area contributed by atoms with Gasteiger partial charge in [0.1, 0.15) is 19.3 Å². The number of carbonyl (C=O) groups is 4. The molecule has 7 atom stereocenters. The summed E-state index contributed by atoms with van der Waals surface area (Å²) in [5, 5.41) is 10.6. The molecule has 0 aromatic rings. The van der Waals surface area contributed by atoms with Crippen LogP contribution in [0.4, 0.5) is 0 Å². The molecule has 0 rings (SSSR count). The SMILES string of the molecule is CCCCCCCCCCC(=O)OC[C@H](COP(=O)(O)OC[C@H](O)COP(=O)(O)OC[C@@H](COC(=O)CCCCCCCCCCC(C)CC)OC(=O)CCCCCCCCCCCCCCCCCCCCC(C)CC)OC(=O)CCCCCCCCC(C)C. The standard InChI is InChI=1S/C72H140O17P2/c1-8-11-12-13-14-31-39-46-53-69(74)82-60-68(89-72(77)56-49-42-35-34-36-43-50-63(4)5)62-87-91(80,81)85-58-66(73)57-84-90(78,79)86-61-67(59-83-70(75)54-47-40-32-28-27-30-38-45-52-65(7)10-3)88-71(76)55-48-41-33-26-24-22-20-18-16-15-17-19-21-23-25-29-37-44-51-64(6)9-2/h63-68,73H,8-62H2,1-7H3,(H,78,79)(H,80,81)/t64?,65?,66-,67-,68-/m1/s1. The molecule has 4 unspecified atom stereocenters. The van der Waals surface area contributed by atoms with Crippen LogP contribution in [0, 0.1) is 17.8 Å². The highest BCUT2D eigenvalue weighted by Crippen LogP contribution is 2.45. The molecule has 3 N–H and O–H groups in total. The van der Waals surface area contributed by atoms with Crippen molar-refractivity contribution in [2.24, 2.45) is 17.8 Å². The summed E-state index contributed by atoms with van der Waals surface area (Å²) in [4.78, 5) is 72.4. The summed E-state index contributed by atoms with van der Waals surface area (Å²) in [5.74, 6) is 0.186. The maximum absolute atomic E-state index is 13.0. The number of rotatable bonds is 70. The normalized spacial score (nSPS) is 14.8. The van der Waals surface area contributed by atoms with Crippen molar-refractivity contribution >= 4 is 39.5 Å². The third-order valence-electron chi connectivity index (χ3n) is 17.4. The average Bonchev–Trinajstić information content (AvgIpc) is 3.69. The Labute approximate surface area is 556 Å². The second kappa shape index (κ2) is 62.8. The minimum absolute atomic E-state index is 0.102. The van der Waals surface area contributed by atoms with Crippen molar-refractivity contribution in [3.05, 3.63) is 0 Å². The van der Waals surface area contributed by atoms with E-state index in [2.05, 4.69) is 48.5 Å². The lowest BCUT2D eigenvalue weighted by molar-refractivity contribution is -0.161. The molecule has 540 valence electrons. The zero-order valence-electron chi connectivity index (χ0n) is 59.3. The van der Waals surface area contributed by atoms with Gasteiger partial charge in [-0.25, -0.2) is 9.13 Å². The van der Waals surface area contributed by atoms with E-state index in [1.807, 2.05) is 0 Å². The Balaban J connectivity index is 5.14. The van der Waals surface area contributed by atoms with Gasteiger partial charge in [0.15, 0.2) is 12.2 Å². The van der Waals surface area contributed by atoms with E-state index < -0.39 is 97.5 Å². The molecule has 0 aliphatic heterocycles. The molecule has 0 aromatic heterocycles. The fourth-order valence-electron chi connectivity index (χ4n) is 10.8. The molecule has 0 heterocycles. The highest BCUT2D eigenvalue weighted by molar-refractivity contribution is 7.47. The number of hydrogen-bond acceptors (Lipinski definition) is 15. The highest BCUT2D eigenvalue weighted by atomic mass is 31.2. The van der Waals surface area contributed by atoms with E-state index in [0.717, 1.165) is 108 Å². The van der Waals surface area contributed by atoms with Gasteiger partial charge < -0.3 is 33.8 Å². The number of unbranched alkanes of at least 4 members (excludes halogenated alkanes) is 36. The maximum atomic E-state index is 13.0. The Morgan fingerprint density at radius 3 is 0.835 bits per heavy atom. The van der Waals surface area contributed by atoms with Gasteiger partial charge in [0.2, 0.25) is 0 Å². The zero-order valence-corrected chi connectivity index (χ0v) is 61.1. The van der Waals surface area contributed by atoms with Gasteiger partial charge in [-0.2, -0.15) is 0 Å². The summed E-state index contributed by atoms with van der Waals surface area (Å²) in [6.07, 6.45) is 47.5. The molecule has 0 bridgehead atoms. The van der Waals surface area contributed by atoms with Crippen LogP contribution >= 0.6 is 15.6 Å². The molecule has 0 saturated heterocycles. The molecule has 0 amide bonds. The molecule has 0 aliphatic carbocycles. The van der Waals surface area contributed by atoms with Crippen LogP contribution in [0.2, 0.25) is 0 Å². The van der Waals surface area contributed by atoms with Crippen LogP contribution in [0.1, 0.15) is 363 Å². The van der Waals surface area contributed by atoms with Crippen LogP contribution in [0.15, 0.2) is 0 Å². The Kier molecular flexibility index (Phi) is 61.5. The van der Waals surface area contributed by atoms with Crippen molar-refractivity contribution in [1.82, 2.24) is 0 Å². The summed E-state index contributed by atoms with van der Waals surface area (Å²) >= 11 is 0. The fourth-order valence-corrected chi connectivity index (χ4v) is 12.4. The molecule has 0 aliphatic rings. The number of phosphoric ester groups is 2. The topological polar surface area (TPSA) is 237 Å². The highest BCUT2D eigenvalue weighted by Gasteiger charge is 2.30. The van der Waals surface area contributed by atoms with E-state index in [4.69, 9.17) is 37.0 Å². The predicted molar refractivity (Wildman–Crippen MR) is 368 cm³/mol. The van der Waals surface area contributed by atoms with E-state index in [0.29, 0.717) is 31.6 Å². The first-order chi connectivity index (χ1) is 43.8. The van der Waals surface area contributed by atoms with Crippen molar-refractivity contribution < 1.29 is 80.2 Å². The first-order valence-electron chi connectivity index (χ1n) is 37.4. The van der Waals surface area contributed by atoms with Crippen LogP contribution in [0.3, 0.4) is 0 Å². The van der Waals surface area contributed by atoms with Gasteiger partial charge in [-0.1, -0.05) is 312 Å². The number of aliphatic hydroxyl groups is 1. The van der Waals surface area contributed by atoms with E-state index in [9.17, 15) is 43.2 Å². The van der Waals surface area contributed by atoms with Crippen molar-refractivity contribution in [3.63, 3.8) is 0 Å². The van der Waals surface area contributed by atoms with Crippen LogP contribution in [-0.4, -0.2) is 96.7 Å². The van der Waals surface area contributed by atoms with E-state index in [-0.39, 0.29) is 25.7 Å². The summed E-state index contributed by atoms with van der Waals surface area (Å²) in [6, 6.07) is 0. The summed E-state index contributed by atoms with van der Waals surface area (Å²) in [6.45, 7) is 11.8. The molecule has 0 radical (unpaired) electrons. The first-order valence-corrected chi connectivity index (χ1v) is 40.4. The van der Waals surface area contributed by atoms with Gasteiger partial charge in [0.05, 0.1) is 26.4 Å². The fraction of sp³-hybridized carbons (Fsp3) is 0.944. The van der Waals surface area contributed by atoms with Gasteiger partial charge in [-0.3, -0.25) is 37.3 Å². The molecular formula is C72H140O17P2. The van der Waals surface area contributed by atoms with Crippen molar-refractivity contribution in [1.29, 1.82) is 0 Å². The van der Waals surface area contributed by atoms with Gasteiger partial charge in [-0.15, -0.1) is 0 Å². The van der Waals surface area contributed by atoms with Gasteiger partial charge in [0, 0.05) is 25.7 Å². The molecule has 19 heteroatoms. The second-order valence-electron chi connectivity index (χ2n) is 26.9. The third-order valence-corrected chi connectivity index (χ3v) is 19.3. The molecule has 0 saturated carbocycles. The summed E-state index contributed by atoms with van der Waals surface area (Å²) in [7, 11) is -9.90. The molecule has 17 nitrogen and oxygen atoms in total. The van der Waals surface area contributed by atoms with Crippen LogP contribution < -0.4 is 0 Å². The van der Waals surface area contributed by atoms with E-state index in [1.54, 1.807) is 0 Å². The number of hydrogen-bond donors (Lipinski definition) is 3. The summed E-state index contributed by atoms with van der Waals surface area (Å²) < 4.78 is 68.2. The van der Waals surface area contributed by atoms with Crippen LogP contribution in [0.5, 0.6) is 0 Å². The Morgan fingerprint density at radius 1 is 0.319 bits per heavy atom. The minimum Gasteiger partial charge on any atom is -0.462 e. The van der Waals surface area contributed by atoms with Crippen LogP contribution in [0.25, 0.3) is 0 Å². The maximum Gasteiger partial charge on any atom is 0.472 e. The molecule has 91 heavy (non-hydrogen) atoms. The lowest BCUT2D eigenvalue weighted by atomic mass is 9.99. The molecular weight excluding hydrogens is 1200 g/mol. The number of aliphatic hydroxyl groups excluding tert-OH is 1. The average molecular weight is 1340 g/mol. The van der Waals surface area contributed by atoms with Crippen molar-refractivity contribution in [2.75, 3.05) is 39.6 Å². The predicted octanol–water partition coefficient (Wildman–Crippen LogP) is 20.6. The number of ether oxygens (including phenoxy) is 4. The van der Waals surface area contributed by atoms with Crippen molar-refractivity contribution in [3.8, 4) is 0 Å². The third kappa shape index (κ3) is 63.9. The second-order valence-corrected chi connectivity index (χ2v) is 29.8. The first kappa shape index (κ1) is 89.1. The van der Waals surface area contributed by atoms with Crippen molar-refractivity contribution in [2.45, 2.75) is 381 Å². The van der Waals surface area contributed by atoms with Gasteiger partial charge >= 0.3 is 39.5 Å². The Hall–Kier alpha value is -1.94. The zero-order chi connectivity index (χ0) is 67.3. The van der Waals surface area contributed by atoms with Crippen LogP contribution in [-0.2, 0) is 65.4 Å². The smallest absolute Gasteiger partial charge is 0.462 e.